The molecule has 1 aromatic rings. The Morgan fingerprint density at radius 3 is 2.20 bits per heavy atom. The molecule has 0 radical (unpaired) electrons. The smallest absolute Gasteiger partial charge is 0.503 e. The normalized spacial score (nSPS) is 16.7. The van der Waals surface area contributed by atoms with Gasteiger partial charge in [-0.25, -0.2) is 0 Å². The Morgan fingerprint density at radius 1 is 1.09 bits per heavy atom. The number of ether oxygens (including phenoxy) is 3. The van der Waals surface area contributed by atoms with Crippen LogP contribution in [0, 0.1) is 10.4 Å². The maximum atomic E-state index is 12.9. The van der Waals surface area contributed by atoms with Gasteiger partial charge in [-0.3, -0.25) is 4.79 Å². The van der Waals surface area contributed by atoms with Crippen LogP contribution in [0.3, 0.4) is 0 Å². The number of hydrogen-bond acceptors (Lipinski definition) is 6. The first-order valence-corrected chi connectivity index (χ1v) is 15.5. The van der Waals surface area contributed by atoms with E-state index in [-0.39, 0.29) is 13.2 Å². The monoisotopic (exact) mass is 612 g/mol. The fraction of sp³-hybridized carbons (Fsp3) is 0.542. The average molecular weight is 612 g/mol. The number of alkyl halides is 4. The molecular weight excluding hydrogens is 580 g/mol. The van der Waals surface area contributed by atoms with E-state index in [0.29, 0.717) is 50.6 Å². The zero-order valence-electron chi connectivity index (χ0n) is 19.9. The van der Waals surface area contributed by atoms with Crippen LogP contribution in [-0.4, -0.2) is 79.6 Å². The van der Waals surface area contributed by atoms with Crippen LogP contribution in [0.4, 0.5) is 13.2 Å². The van der Waals surface area contributed by atoms with E-state index in [0.717, 1.165) is 18.7 Å². The number of rotatable bonds is 15. The molecule has 2 N–H and O–H groups in total. The van der Waals surface area contributed by atoms with Crippen LogP contribution in [0.1, 0.15) is 24.5 Å². The maximum absolute atomic E-state index is 12.9. The minimum absolute atomic E-state index is 0.235. The molecule has 0 spiro atoms. The van der Waals surface area contributed by atoms with Crippen molar-refractivity contribution in [2.24, 2.45) is 0 Å². The van der Waals surface area contributed by atoms with Crippen molar-refractivity contribution in [2.45, 2.75) is 25.6 Å². The predicted octanol–water partition coefficient (Wildman–Crippen LogP) is 3.88. The molecule has 1 aliphatic rings. The number of nitrogens with zero attached hydrogens (tertiary/aromatic N) is 1. The number of carbonyl (C=O) groups is 1. The van der Waals surface area contributed by atoms with Gasteiger partial charge >= 0.3 is 112 Å². The number of carbonyl (C=O) groups excluding carboxylic acids is 1. The Kier molecular flexibility index (Phi) is 12.3. The summed E-state index contributed by atoms with van der Waals surface area (Å²) in [6, 6.07) is 4.01. The molecule has 1 unspecified atom stereocenters. The average Bonchev–Trinajstić information content (AvgIpc) is 3.08. The van der Waals surface area contributed by atoms with E-state index >= 15 is 0 Å². The van der Waals surface area contributed by atoms with E-state index in [1.165, 1.54) is 17.0 Å². The van der Waals surface area contributed by atoms with Crippen molar-refractivity contribution >= 4 is 31.6 Å². The molecule has 1 atom stereocenters. The first-order chi connectivity index (χ1) is 16.7. The summed E-state index contributed by atoms with van der Waals surface area (Å²) in [6.45, 7) is 5.22. The molecule has 11 heteroatoms. The third-order valence-electron chi connectivity index (χ3n) is 5.26. The molecular formula is C24H32F3IN2O5. The first-order valence-electron chi connectivity index (χ1n) is 11.1. The summed E-state index contributed by atoms with van der Waals surface area (Å²) in [7, 11) is 0. The molecule has 1 aromatic carbocycles. The van der Waals surface area contributed by atoms with Gasteiger partial charge in [-0.15, -0.1) is 0 Å². The number of terminal acetylenes is 1. The molecule has 0 aromatic heterocycles. The summed E-state index contributed by atoms with van der Waals surface area (Å²) in [5.41, 5.74) is -0.0642. The van der Waals surface area contributed by atoms with E-state index in [1.807, 2.05) is 11.9 Å². The summed E-state index contributed by atoms with van der Waals surface area (Å²) < 4.78 is 61.0. The Labute approximate surface area is 211 Å². The molecule has 0 aliphatic carbocycles. The number of aliphatic hydroxyl groups is 1. The molecule has 1 amide bonds. The number of amides is 1. The van der Waals surface area contributed by atoms with Crippen molar-refractivity contribution in [2.75, 3.05) is 57.7 Å². The molecule has 1 aliphatic heterocycles. The van der Waals surface area contributed by atoms with E-state index < -0.39 is 49.5 Å². The van der Waals surface area contributed by atoms with Crippen LogP contribution >= 0.6 is 20.1 Å². The van der Waals surface area contributed by atoms with Gasteiger partial charge in [-0.2, -0.15) is 13.2 Å². The molecule has 0 saturated heterocycles. The van der Waals surface area contributed by atoms with Gasteiger partial charge in [0.1, 0.15) is 0 Å². The number of benzene rings is 1. The van der Waals surface area contributed by atoms with Crippen LogP contribution in [0.2, 0.25) is 0 Å². The number of nitrogens with one attached hydrogen (secondary N) is 1. The minimum atomic E-state index is -4.45. The van der Waals surface area contributed by atoms with Gasteiger partial charge in [0.05, 0.1) is 11.6 Å². The van der Waals surface area contributed by atoms with E-state index in [4.69, 9.17) is 20.6 Å². The zero-order chi connectivity index (χ0) is 25.8. The van der Waals surface area contributed by atoms with Crippen LogP contribution in [0.15, 0.2) is 30.0 Å². The van der Waals surface area contributed by atoms with Gasteiger partial charge in [0.25, 0.3) is 5.91 Å². The van der Waals surface area contributed by atoms with Crippen LogP contribution in [-0.2, 0) is 25.2 Å². The second kappa shape index (κ2) is 14.6. The second-order valence-electron chi connectivity index (χ2n) is 7.56. The minimum Gasteiger partial charge on any atom is -0.503 e. The second-order valence-corrected chi connectivity index (χ2v) is 11.6. The third kappa shape index (κ3) is 8.95. The Hall–Kier alpha value is -1.85. The van der Waals surface area contributed by atoms with Crippen molar-refractivity contribution in [1.82, 2.24) is 8.43 Å². The quantitative estimate of drug-likeness (QED) is 0.103. The molecule has 0 fully saturated rings. The van der Waals surface area contributed by atoms with Gasteiger partial charge < -0.3 is 10.0 Å². The van der Waals surface area contributed by atoms with Gasteiger partial charge in [-0.1, -0.05) is 19.1 Å². The van der Waals surface area contributed by atoms with Crippen molar-refractivity contribution in [1.29, 1.82) is 0 Å². The van der Waals surface area contributed by atoms with E-state index in [9.17, 15) is 23.1 Å². The summed E-state index contributed by atoms with van der Waals surface area (Å²) in [5.74, 6) is -0.996. The Bertz CT molecular complexity index is 887. The van der Waals surface area contributed by atoms with Crippen molar-refractivity contribution in [3.05, 3.63) is 41.2 Å². The topological polar surface area (TPSA) is 80.3 Å². The van der Waals surface area contributed by atoms with E-state index in [2.05, 4.69) is 7.46 Å². The molecule has 196 valence electrons. The van der Waals surface area contributed by atoms with Crippen LogP contribution in [0.25, 0.3) is 5.57 Å². The van der Waals surface area contributed by atoms with Gasteiger partial charge in [0.2, 0.25) is 0 Å². The first kappa shape index (κ1) is 29.4. The molecule has 1 heterocycles. The van der Waals surface area contributed by atoms with Crippen molar-refractivity contribution < 1.29 is 37.3 Å². The van der Waals surface area contributed by atoms with Crippen molar-refractivity contribution in [3.63, 3.8) is 0 Å². The van der Waals surface area contributed by atoms with Gasteiger partial charge in [0, 0.05) is 5.57 Å². The SMILES string of the molecule is C#CI(C)NCCOCCOCCOCCN1C(=O)C(O)=C(c2ccc(C(F)(F)F)cc2)C1CC. The van der Waals surface area contributed by atoms with Crippen molar-refractivity contribution in [3.8, 4) is 10.4 Å². The summed E-state index contributed by atoms with van der Waals surface area (Å²) in [6.07, 6.45) is 1.37. The molecule has 0 saturated carbocycles. The molecule has 7 nitrogen and oxygen atoms in total. The standard InChI is InChI=1S/C24H32F3IN2O5/c1-4-20-21(18-6-8-19(9-7-18)24(25,26)27)22(31)23(32)30(20)11-13-34-15-17-35-16-14-33-12-10-29-28(3)5-2/h2,6-9,20,29,31H,4,10-17H2,1,3H3. The fourth-order valence-electron chi connectivity index (χ4n) is 3.55. The summed E-state index contributed by atoms with van der Waals surface area (Å²) in [5, 5.41) is 10.4. The van der Waals surface area contributed by atoms with E-state index in [1.54, 1.807) is 0 Å². The third-order valence-corrected chi connectivity index (χ3v) is 7.88. The summed E-state index contributed by atoms with van der Waals surface area (Å²) in [4.78, 5) is 16.1. The zero-order valence-corrected chi connectivity index (χ0v) is 22.0. The van der Waals surface area contributed by atoms with Gasteiger partial charge in [0.15, 0.2) is 5.76 Å². The molecule has 35 heavy (non-hydrogen) atoms. The van der Waals surface area contributed by atoms with Crippen LogP contribution in [0.5, 0.6) is 0 Å². The molecule has 2 rings (SSSR count). The van der Waals surface area contributed by atoms with Crippen LogP contribution < -0.4 is 3.53 Å². The Morgan fingerprint density at radius 2 is 1.66 bits per heavy atom. The summed E-state index contributed by atoms with van der Waals surface area (Å²) >= 11 is -1.40. The predicted molar refractivity (Wildman–Crippen MR) is 136 cm³/mol. The number of halogens is 4. The Balaban J connectivity index is 1.70. The molecule has 0 bridgehead atoms. The van der Waals surface area contributed by atoms with Gasteiger partial charge in [-0.05, 0) is 24.1 Å². The number of aliphatic hydroxyl groups excluding tert-OH is 1. The fourth-order valence-corrected chi connectivity index (χ4v) is 4.80. The number of hydrogen-bond donors (Lipinski definition) is 2.